The summed E-state index contributed by atoms with van der Waals surface area (Å²) in [5.74, 6) is 0.0883. The van der Waals surface area contributed by atoms with E-state index in [1.54, 1.807) is 4.90 Å². The van der Waals surface area contributed by atoms with Crippen LogP contribution in [0.4, 0.5) is 0 Å². The molecule has 2 saturated carbocycles. The highest BCUT2D eigenvalue weighted by Crippen LogP contribution is 2.54. The van der Waals surface area contributed by atoms with Crippen LogP contribution in [0.25, 0.3) is 0 Å². The number of nitrogens with zero attached hydrogens (tertiary/aromatic N) is 1. The fraction of sp³-hybridized carbons (Fsp3) is 0.652. The third-order valence-corrected chi connectivity index (χ3v) is 7.08. The van der Waals surface area contributed by atoms with Crippen molar-refractivity contribution >= 4 is 11.8 Å². The van der Waals surface area contributed by atoms with E-state index in [1.807, 2.05) is 37.3 Å². The molecule has 5 nitrogen and oxygen atoms in total. The van der Waals surface area contributed by atoms with E-state index < -0.39 is 0 Å². The van der Waals surface area contributed by atoms with E-state index in [0.29, 0.717) is 13.0 Å². The Morgan fingerprint density at radius 1 is 1.18 bits per heavy atom. The van der Waals surface area contributed by atoms with Crippen LogP contribution in [0.15, 0.2) is 30.3 Å². The summed E-state index contributed by atoms with van der Waals surface area (Å²) in [7, 11) is 0. The number of ether oxygens (including phenoxy) is 1. The van der Waals surface area contributed by atoms with Gasteiger partial charge < -0.3 is 15.0 Å². The predicted molar refractivity (Wildman–Crippen MR) is 108 cm³/mol. The third kappa shape index (κ3) is 3.57. The van der Waals surface area contributed by atoms with Crippen LogP contribution in [0.3, 0.4) is 0 Å². The molecule has 3 aliphatic rings. The van der Waals surface area contributed by atoms with E-state index >= 15 is 0 Å². The molecule has 28 heavy (non-hydrogen) atoms. The Morgan fingerprint density at radius 2 is 1.93 bits per heavy atom. The van der Waals surface area contributed by atoms with Gasteiger partial charge in [-0.05, 0) is 44.6 Å². The molecule has 1 N–H and O–H groups in total. The predicted octanol–water partition coefficient (Wildman–Crippen LogP) is 3.07. The first-order chi connectivity index (χ1) is 13.6. The number of amides is 2. The van der Waals surface area contributed by atoms with Gasteiger partial charge in [0, 0.05) is 24.6 Å². The lowest BCUT2D eigenvalue weighted by atomic mass is 9.60. The second-order valence-corrected chi connectivity index (χ2v) is 8.59. The van der Waals surface area contributed by atoms with E-state index in [1.165, 1.54) is 12.8 Å². The summed E-state index contributed by atoms with van der Waals surface area (Å²) in [4.78, 5) is 27.7. The van der Waals surface area contributed by atoms with Crippen LogP contribution in [0, 0.1) is 5.41 Å². The minimum atomic E-state index is -0.319. The quantitative estimate of drug-likeness (QED) is 0.820. The minimum absolute atomic E-state index is 0.0325. The van der Waals surface area contributed by atoms with Gasteiger partial charge in [-0.15, -0.1) is 0 Å². The maximum Gasteiger partial charge on any atom is 0.243 e. The molecular weight excluding hydrogens is 352 g/mol. The number of carbonyl (C=O) groups is 2. The van der Waals surface area contributed by atoms with E-state index in [9.17, 15) is 9.59 Å². The fourth-order valence-electron chi connectivity index (χ4n) is 5.57. The van der Waals surface area contributed by atoms with Crippen molar-refractivity contribution in [3.63, 3.8) is 0 Å². The Bertz CT molecular complexity index is 699. The fourth-order valence-corrected chi connectivity index (χ4v) is 5.57. The molecule has 3 fully saturated rings. The molecule has 2 aliphatic carbocycles. The molecule has 1 heterocycles. The number of rotatable bonds is 6. The van der Waals surface area contributed by atoms with Gasteiger partial charge in [0.25, 0.3) is 0 Å². The van der Waals surface area contributed by atoms with Gasteiger partial charge in [-0.3, -0.25) is 9.59 Å². The number of hydrogen-bond donors (Lipinski definition) is 1. The lowest BCUT2D eigenvalue weighted by molar-refractivity contribution is -0.149. The summed E-state index contributed by atoms with van der Waals surface area (Å²) in [5.41, 5.74) is 1.13. The van der Waals surface area contributed by atoms with Crippen molar-refractivity contribution < 1.29 is 14.3 Å². The molecule has 1 aromatic carbocycles. The Hall–Kier alpha value is -1.88. The first-order valence-corrected chi connectivity index (χ1v) is 10.9. The van der Waals surface area contributed by atoms with Gasteiger partial charge in [-0.25, -0.2) is 0 Å². The Kier molecular flexibility index (Phi) is 5.72. The van der Waals surface area contributed by atoms with Crippen molar-refractivity contribution in [2.75, 3.05) is 13.2 Å². The lowest BCUT2D eigenvalue weighted by Crippen LogP contribution is -2.65. The van der Waals surface area contributed by atoms with Crippen LogP contribution in [0.5, 0.6) is 0 Å². The van der Waals surface area contributed by atoms with Gasteiger partial charge in [-0.1, -0.05) is 43.2 Å². The second kappa shape index (κ2) is 8.24. The summed E-state index contributed by atoms with van der Waals surface area (Å²) in [5, 5.41) is 3.32. The average molecular weight is 385 g/mol. The van der Waals surface area contributed by atoms with Crippen LogP contribution in [0.1, 0.15) is 57.4 Å². The molecule has 152 valence electrons. The number of likely N-dealkylation sites (tertiary alicyclic amines) is 1. The zero-order chi connectivity index (χ0) is 19.6. The van der Waals surface area contributed by atoms with Crippen molar-refractivity contribution in [2.24, 2.45) is 5.41 Å². The number of carbonyl (C=O) groups excluding carboxylic acids is 2. The maximum absolute atomic E-state index is 13.1. The SMILES string of the molecule is CCOC1CC(NC(=O)C2CCCN2C(=O)Cc2ccccc2)C12CCCC2. The van der Waals surface area contributed by atoms with Crippen LogP contribution in [-0.4, -0.2) is 48.1 Å². The largest absolute Gasteiger partial charge is 0.378 e. The number of nitrogens with one attached hydrogen (secondary N) is 1. The summed E-state index contributed by atoms with van der Waals surface area (Å²) >= 11 is 0. The van der Waals surface area contributed by atoms with Crippen LogP contribution in [-0.2, 0) is 20.7 Å². The minimum Gasteiger partial charge on any atom is -0.378 e. The van der Waals surface area contributed by atoms with Crippen LogP contribution in [0.2, 0.25) is 0 Å². The summed E-state index contributed by atoms with van der Waals surface area (Å²) in [6, 6.07) is 9.66. The molecule has 0 bridgehead atoms. The van der Waals surface area contributed by atoms with Crippen molar-refractivity contribution in [2.45, 2.75) is 76.5 Å². The van der Waals surface area contributed by atoms with Crippen LogP contribution >= 0.6 is 0 Å². The maximum atomic E-state index is 13.1. The smallest absolute Gasteiger partial charge is 0.243 e. The lowest BCUT2D eigenvalue weighted by Gasteiger charge is -2.54. The molecule has 3 unspecified atom stereocenters. The van der Waals surface area contributed by atoms with Crippen molar-refractivity contribution in [3.05, 3.63) is 35.9 Å². The highest BCUT2D eigenvalue weighted by Gasteiger charge is 2.57. The molecule has 4 rings (SSSR count). The van der Waals surface area contributed by atoms with Gasteiger partial charge in [0.2, 0.25) is 11.8 Å². The zero-order valence-electron chi connectivity index (χ0n) is 16.9. The Morgan fingerprint density at radius 3 is 2.64 bits per heavy atom. The molecule has 1 aliphatic heterocycles. The molecule has 1 spiro atoms. The van der Waals surface area contributed by atoms with Crippen LogP contribution < -0.4 is 5.32 Å². The molecule has 3 atom stereocenters. The molecule has 1 aromatic rings. The van der Waals surface area contributed by atoms with E-state index in [-0.39, 0.29) is 35.4 Å². The highest BCUT2D eigenvalue weighted by atomic mass is 16.5. The van der Waals surface area contributed by atoms with Gasteiger partial charge in [0.05, 0.1) is 12.5 Å². The van der Waals surface area contributed by atoms with E-state index in [4.69, 9.17) is 4.74 Å². The van der Waals surface area contributed by atoms with Gasteiger partial charge >= 0.3 is 0 Å². The van der Waals surface area contributed by atoms with Gasteiger partial charge in [0.15, 0.2) is 0 Å². The molecule has 0 radical (unpaired) electrons. The van der Waals surface area contributed by atoms with Crippen molar-refractivity contribution in [3.8, 4) is 0 Å². The first kappa shape index (κ1) is 19.4. The monoisotopic (exact) mass is 384 g/mol. The number of benzene rings is 1. The highest BCUT2D eigenvalue weighted by molar-refractivity contribution is 5.89. The summed E-state index contributed by atoms with van der Waals surface area (Å²) in [6.07, 6.45) is 7.95. The number of hydrogen-bond acceptors (Lipinski definition) is 3. The van der Waals surface area contributed by atoms with Crippen molar-refractivity contribution in [1.29, 1.82) is 0 Å². The second-order valence-electron chi connectivity index (χ2n) is 8.59. The molecule has 5 heteroatoms. The third-order valence-electron chi connectivity index (χ3n) is 7.08. The standard InChI is InChI=1S/C23H32N2O3/c1-2-28-20-16-19(23(20)12-6-7-13-23)24-22(27)18-11-8-14-25(18)21(26)15-17-9-4-3-5-10-17/h3-5,9-10,18-20H,2,6-8,11-16H2,1H3,(H,24,27). The van der Waals surface area contributed by atoms with E-state index in [0.717, 1.165) is 44.3 Å². The van der Waals surface area contributed by atoms with Crippen molar-refractivity contribution in [1.82, 2.24) is 10.2 Å². The summed E-state index contributed by atoms with van der Waals surface area (Å²) < 4.78 is 5.96. The van der Waals surface area contributed by atoms with Gasteiger partial charge in [0.1, 0.15) is 6.04 Å². The molecule has 2 amide bonds. The Labute approximate surface area is 167 Å². The first-order valence-electron chi connectivity index (χ1n) is 10.9. The average Bonchev–Trinajstić information content (AvgIpc) is 3.39. The normalized spacial score (nSPS) is 28.3. The van der Waals surface area contributed by atoms with Gasteiger partial charge in [-0.2, -0.15) is 0 Å². The van der Waals surface area contributed by atoms with E-state index in [2.05, 4.69) is 5.32 Å². The Balaban J connectivity index is 1.38. The topological polar surface area (TPSA) is 58.6 Å². The molecular formula is C23H32N2O3. The summed E-state index contributed by atoms with van der Waals surface area (Å²) in [6.45, 7) is 3.46. The zero-order valence-corrected chi connectivity index (χ0v) is 16.9. The molecule has 1 saturated heterocycles. The molecule has 0 aromatic heterocycles.